The fourth-order valence-corrected chi connectivity index (χ4v) is 3.88. The first kappa shape index (κ1) is 9.44. The quantitative estimate of drug-likeness (QED) is 0.512. The van der Waals surface area contributed by atoms with Crippen molar-refractivity contribution >= 4 is 5.97 Å². The fraction of sp³-hybridized carbons (Fsp3) is 0.769. The maximum Gasteiger partial charge on any atom is 0.305 e. The summed E-state index contributed by atoms with van der Waals surface area (Å²) < 4.78 is 5.54. The minimum Gasteiger partial charge on any atom is -0.462 e. The minimum atomic E-state index is -0.0185. The van der Waals surface area contributed by atoms with Crippen LogP contribution >= 0.6 is 0 Å². The van der Waals surface area contributed by atoms with Gasteiger partial charge in [0.05, 0.1) is 0 Å². The summed E-state index contributed by atoms with van der Waals surface area (Å²) in [6.07, 6.45) is 9.09. The molecule has 0 aromatic heterocycles. The fourth-order valence-electron chi connectivity index (χ4n) is 3.88. The van der Waals surface area contributed by atoms with E-state index in [-0.39, 0.29) is 12.1 Å². The average Bonchev–Trinajstić information content (AvgIpc) is 2.87. The molecule has 3 aliphatic rings. The number of rotatable bonds is 2. The third-order valence-corrected chi connectivity index (χ3v) is 4.51. The van der Waals surface area contributed by atoms with E-state index in [4.69, 9.17) is 4.74 Å². The predicted molar refractivity (Wildman–Crippen MR) is 57.1 cm³/mol. The Balaban J connectivity index is 1.69. The zero-order chi connectivity index (χ0) is 10.4. The molecule has 2 fully saturated rings. The van der Waals surface area contributed by atoms with Crippen LogP contribution in [0.15, 0.2) is 12.2 Å². The highest BCUT2D eigenvalue weighted by Gasteiger charge is 2.53. The van der Waals surface area contributed by atoms with Gasteiger partial charge in [0.25, 0.3) is 0 Å². The highest BCUT2D eigenvalue weighted by atomic mass is 16.5. The molecule has 0 amide bonds. The summed E-state index contributed by atoms with van der Waals surface area (Å²) in [6.45, 7) is 1.87. The maximum absolute atomic E-state index is 11.3. The molecule has 2 nitrogen and oxygen atoms in total. The summed E-state index contributed by atoms with van der Waals surface area (Å²) in [5.74, 6) is 3.04. The second-order valence-electron chi connectivity index (χ2n) is 5.18. The van der Waals surface area contributed by atoms with Gasteiger partial charge in [-0.15, -0.1) is 0 Å². The van der Waals surface area contributed by atoms with E-state index in [1.54, 1.807) is 0 Å². The summed E-state index contributed by atoms with van der Waals surface area (Å²) in [7, 11) is 0. The lowest BCUT2D eigenvalue weighted by Crippen LogP contribution is -2.32. The summed E-state index contributed by atoms with van der Waals surface area (Å²) in [6, 6.07) is 0. The van der Waals surface area contributed by atoms with Crippen LogP contribution in [0.3, 0.4) is 0 Å². The van der Waals surface area contributed by atoms with Gasteiger partial charge in [-0.1, -0.05) is 19.1 Å². The van der Waals surface area contributed by atoms with E-state index in [9.17, 15) is 4.79 Å². The smallest absolute Gasteiger partial charge is 0.305 e. The van der Waals surface area contributed by atoms with Crippen molar-refractivity contribution in [2.75, 3.05) is 0 Å². The van der Waals surface area contributed by atoms with E-state index < -0.39 is 0 Å². The predicted octanol–water partition coefficient (Wildman–Crippen LogP) is 2.54. The second kappa shape index (κ2) is 3.36. The van der Waals surface area contributed by atoms with Crippen LogP contribution in [0, 0.1) is 23.7 Å². The monoisotopic (exact) mass is 206 g/mol. The summed E-state index contributed by atoms with van der Waals surface area (Å²) in [5.41, 5.74) is 0. The zero-order valence-electron chi connectivity index (χ0n) is 9.19. The highest BCUT2D eigenvalue weighted by Crippen LogP contribution is 2.57. The lowest BCUT2D eigenvalue weighted by Gasteiger charge is -2.30. The van der Waals surface area contributed by atoms with Crippen molar-refractivity contribution < 1.29 is 9.53 Å². The van der Waals surface area contributed by atoms with Crippen LogP contribution in [0.2, 0.25) is 0 Å². The molecule has 2 heteroatoms. The third kappa shape index (κ3) is 1.34. The topological polar surface area (TPSA) is 26.3 Å². The molecule has 5 atom stereocenters. The number of hydrogen-bond acceptors (Lipinski definition) is 2. The van der Waals surface area contributed by atoms with Crippen molar-refractivity contribution in [3.8, 4) is 0 Å². The molecule has 0 heterocycles. The zero-order valence-corrected chi connectivity index (χ0v) is 9.19. The molecule has 2 bridgehead atoms. The van der Waals surface area contributed by atoms with Crippen molar-refractivity contribution in [1.82, 2.24) is 0 Å². The number of esters is 1. The highest BCUT2D eigenvalue weighted by molar-refractivity contribution is 5.69. The third-order valence-electron chi connectivity index (χ3n) is 4.51. The van der Waals surface area contributed by atoms with E-state index in [1.165, 1.54) is 12.8 Å². The lowest BCUT2D eigenvalue weighted by atomic mass is 9.80. The molecule has 0 aliphatic heterocycles. The van der Waals surface area contributed by atoms with Crippen molar-refractivity contribution in [3.05, 3.63) is 12.2 Å². The Morgan fingerprint density at radius 2 is 2.27 bits per heavy atom. The molecule has 0 unspecified atom stereocenters. The van der Waals surface area contributed by atoms with Crippen LogP contribution in [0.1, 0.15) is 32.6 Å². The van der Waals surface area contributed by atoms with Gasteiger partial charge in [-0.2, -0.15) is 0 Å². The van der Waals surface area contributed by atoms with Gasteiger partial charge in [-0.25, -0.2) is 0 Å². The number of hydrogen-bond donors (Lipinski definition) is 0. The Morgan fingerprint density at radius 1 is 1.40 bits per heavy atom. The van der Waals surface area contributed by atoms with Crippen molar-refractivity contribution in [2.45, 2.75) is 38.7 Å². The standard InChI is InChI=1S/C13H18O2/c1-2-13(14)15-12-7-8-6-11(12)10-5-3-4-9(8)10/h3-4,8-12H,2,5-7H2,1H3/t8-,9+,10+,11-,12-/m0/s1. The van der Waals surface area contributed by atoms with E-state index in [0.717, 1.165) is 24.2 Å². The summed E-state index contributed by atoms with van der Waals surface area (Å²) in [5, 5.41) is 0. The molecule has 0 aromatic rings. The van der Waals surface area contributed by atoms with Crippen molar-refractivity contribution in [1.29, 1.82) is 0 Å². The molecule has 3 aliphatic carbocycles. The van der Waals surface area contributed by atoms with Crippen LogP contribution in [0.5, 0.6) is 0 Å². The first-order chi connectivity index (χ1) is 7.29. The number of allylic oxidation sites excluding steroid dienone is 2. The van der Waals surface area contributed by atoms with Gasteiger partial charge in [0.1, 0.15) is 6.10 Å². The van der Waals surface area contributed by atoms with Crippen molar-refractivity contribution in [3.63, 3.8) is 0 Å². The van der Waals surface area contributed by atoms with Crippen LogP contribution in [-0.2, 0) is 9.53 Å². The Bertz CT molecular complexity index is 308. The first-order valence-corrected chi connectivity index (χ1v) is 6.15. The van der Waals surface area contributed by atoms with Crippen LogP contribution in [0.25, 0.3) is 0 Å². The summed E-state index contributed by atoms with van der Waals surface area (Å²) >= 11 is 0. The van der Waals surface area contributed by atoms with E-state index in [0.29, 0.717) is 12.3 Å². The van der Waals surface area contributed by atoms with Gasteiger partial charge in [-0.3, -0.25) is 4.79 Å². The molecule has 0 spiro atoms. The van der Waals surface area contributed by atoms with Gasteiger partial charge in [0.15, 0.2) is 0 Å². The molecular formula is C13H18O2. The molecule has 15 heavy (non-hydrogen) atoms. The van der Waals surface area contributed by atoms with Crippen LogP contribution in [0.4, 0.5) is 0 Å². The number of fused-ring (bicyclic) bond motifs is 5. The van der Waals surface area contributed by atoms with Gasteiger partial charge < -0.3 is 4.74 Å². The van der Waals surface area contributed by atoms with Crippen LogP contribution < -0.4 is 0 Å². The Kier molecular flexibility index (Phi) is 2.11. The van der Waals surface area contributed by atoms with Gasteiger partial charge in [0, 0.05) is 6.42 Å². The summed E-state index contributed by atoms with van der Waals surface area (Å²) in [4.78, 5) is 11.3. The van der Waals surface area contributed by atoms with Crippen LogP contribution in [-0.4, -0.2) is 12.1 Å². The number of carbonyl (C=O) groups is 1. The number of ether oxygens (including phenoxy) is 1. The number of carbonyl (C=O) groups excluding carboxylic acids is 1. The van der Waals surface area contributed by atoms with E-state index in [2.05, 4.69) is 12.2 Å². The molecule has 0 radical (unpaired) electrons. The van der Waals surface area contributed by atoms with Crippen molar-refractivity contribution in [2.24, 2.45) is 23.7 Å². The average molecular weight is 206 g/mol. The molecular weight excluding hydrogens is 188 g/mol. The van der Waals surface area contributed by atoms with Gasteiger partial charge >= 0.3 is 5.97 Å². The lowest BCUT2D eigenvalue weighted by molar-refractivity contribution is -0.152. The molecule has 2 saturated carbocycles. The molecule has 0 N–H and O–H groups in total. The molecule has 0 aromatic carbocycles. The first-order valence-electron chi connectivity index (χ1n) is 6.15. The van der Waals surface area contributed by atoms with E-state index in [1.807, 2.05) is 6.92 Å². The minimum absolute atomic E-state index is 0.0185. The normalized spacial score (nSPS) is 45.8. The molecule has 82 valence electrons. The second-order valence-corrected chi connectivity index (χ2v) is 5.18. The Morgan fingerprint density at radius 3 is 3.07 bits per heavy atom. The Labute approximate surface area is 90.7 Å². The van der Waals surface area contributed by atoms with Gasteiger partial charge in [0.2, 0.25) is 0 Å². The maximum atomic E-state index is 11.3. The Hall–Kier alpha value is -0.790. The van der Waals surface area contributed by atoms with Gasteiger partial charge in [-0.05, 0) is 42.9 Å². The SMILES string of the molecule is CCC(=O)O[C@H]1C[C@@H]2C[C@H]1[C@@H]1CC=C[C@H]21. The van der Waals surface area contributed by atoms with E-state index >= 15 is 0 Å². The largest absolute Gasteiger partial charge is 0.462 e. The molecule has 3 rings (SSSR count). The molecule has 0 saturated heterocycles.